The van der Waals surface area contributed by atoms with Gasteiger partial charge in [-0.3, -0.25) is 0 Å². The largest absolute Gasteiger partial charge is 0.496 e. The standard InChI is InChI=1S/C12H10Cl2O2S/c1-16-10-3-2-7(13)4-9(10)12(15)11-5-8(14)6-17-11/h2-6,12,15H,1H3. The molecule has 0 saturated carbocycles. The maximum atomic E-state index is 10.3. The second-order valence-electron chi connectivity index (χ2n) is 3.46. The minimum atomic E-state index is -0.777. The zero-order valence-corrected chi connectivity index (χ0v) is 11.3. The summed E-state index contributed by atoms with van der Waals surface area (Å²) >= 11 is 13.2. The van der Waals surface area contributed by atoms with Crippen LogP contribution >= 0.6 is 34.5 Å². The highest BCUT2D eigenvalue weighted by atomic mass is 35.5. The highest BCUT2D eigenvalue weighted by molar-refractivity contribution is 7.10. The normalized spacial score (nSPS) is 12.5. The molecule has 1 unspecified atom stereocenters. The van der Waals surface area contributed by atoms with Crippen LogP contribution in [0.5, 0.6) is 5.75 Å². The Morgan fingerprint density at radius 2 is 2.00 bits per heavy atom. The molecule has 0 fully saturated rings. The van der Waals surface area contributed by atoms with E-state index in [1.165, 1.54) is 11.3 Å². The number of methoxy groups -OCH3 is 1. The van der Waals surface area contributed by atoms with Crippen LogP contribution in [0.1, 0.15) is 16.5 Å². The highest BCUT2D eigenvalue weighted by Gasteiger charge is 2.17. The fourth-order valence-electron chi connectivity index (χ4n) is 1.54. The van der Waals surface area contributed by atoms with E-state index >= 15 is 0 Å². The second-order valence-corrected chi connectivity index (χ2v) is 5.27. The molecule has 0 bridgehead atoms. The van der Waals surface area contributed by atoms with E-state index in [0.29, 0.717) is 21.4 Å². The van der Waals surface area contributed by atoms with E-state index in [-0.39, 0.29) is 0 Å². The van der Waals surface area contributed by atoms with Crippen molar-refractivity contribution in [3.8, 4) is 5.75 Å². The van der Waals surface area contributed by atoms with Crippen molar-refractivity contribution in [3.05, 3.63) is 50.1 Å². The summed E-state index contributed by atoms with van der Waals surface area (Å²) in [7, 11) is 1.56. The number of rotatable bonds is 3. The van der Waals surface area contributed by atoms with Gasteiger partial charge in [-0.15, -0.1) is 11.3 Å². The number of hydrogen-bond donors (Lipinski definition) is 1. The number of benzene rings is 1. The lowest BCUT2D eigenvalue weighted by Gasteiger charge is -2.13. The van der Waals surface area contributed by atoms with Crippen LogP contribution in [-0.2, 0) is 0 Å². The molecule has 2 rings (SSSR count). The number of ether oxygens (including phenoxy) is 1. The number of hydrogen-bond acceptors (Lipinski definition) is 3. The Balaban J connectivity index is 2.42. The van der Waals surface area contributed by atoms with E-state index < -0.39 is 6.10 Å². The minimum Gasteiger partial charge on any atom is -0.496 e. The van der Waals surface area contributed by atoms with Gasteiger partial charge in [-0.25, -0.2) is 0 Å². The van der Waals surface area contributed by atoms with E-state index in [9.17, 15) is 5.11 Å². The van der Waals surface area contributed by atoms with Gasteiger partial charge in [0.25, 0.3) is 0 Å². The van der Waals surface area contributed by atoms with Crippen molar-refractivity contribution in [1.82, 2.24) is 0 Å². The number of aliphatic hydroxyl groups excluding tert-OH is 1. The summed E-state index contributed by atoms with van der Waals surface area (Å²) in [6, 6.07) is 6.88. The molecule has 1 aromatic carbocycles. The van der Waals surface area contributed by atoms with Crippen molar-refractivity contribution in [1.29, 1.82) is 0 Å². The van der Waals surface area contributed by atoms with Crippen LogP contribution in [0.4, 0.5) is 0 Å². The molecule has 1 N–H and O–H groups in total. The van der Waals surface area contributed by atoms with Gasteiger partial charge in [-0.05, 0) is 24.3 Å². The van der Waals surface area contributed by atoms with Crippen molar-refractivity contribution in [2.75, 3.05) is 7.11 Å². The molecule has 1 atom stereocenters. The van der Waals surface area contributed by atoms with E-state index in [1.54, 1.807) is 36.8 Å². The second kappa shape index (κ2) is 5.27. The van der Waals surface area contributed by atoms with Gasteiger partial charge in [-0.2, -0.15) is 0 Å². The average Bonchev–Trinajstić information content (AvgIpc) is 2.75. The molecule has 90 valence electrons. The summed E-state index contributed by atoms with van der Waals surface area (Å²) in [6.45, 7) is 0. The van der Waals surface area contributed by atoms with Crippen molar-refractivity contribution >= 4 is 34.5 Å². The lowest BCUT2D eigenvalue weighted by molar-refractivity contribution is 0.218. The zero-order valence-electron chi connectivity index (χ0n) is 8.98. The summed E-state index contributed by atoms with van der Waals surface area (Å²) in [5, 5.41) is 13.2. The predicted octanol–water partition coefficient (Wildman–Crippen LogP) is 4.15. The lowest BCUT2D eigenvalue weighted by atomic mass is 10.1. The first-order valence-electron chi connectivity index (χ1n) is 4.87. The van der Waals surface area contributed by atoms with Crippen molar-refractivity contribution in [2.45, 2.75) is 6.10 Å². The molecule has 0 spiro atoms. The summed E-state index contributed by atoms with van der Waals surface area (Å²) in [5.41, 5.74) is 0.638. The van der Waals surface area contributed by atoms with Crippen LogP contribution in [0, 0.1) is 0 Å². The van der Waals surface area contributed by atoms with Crippen LogP contribution in [-0.4, -0.2) is 12.2 Å². The van der Waals surface area contributed by atoms with Gasteiger partial charge in [0, 0.05) is 20.8 Å². The van der Waals surface area contributed by atoms with Crippen LogP contribution in [0.15, 0.2) is 29.6 Å². The van der Waals surface area contributed by atoms with Crippen molar-refractivity contribution in [3.63, 3.8) is 0 Å². The van der Waals surface area contributed by atoms with Gasteiger partial charge >= 0.3 is 0 Å². The Kier molecular flexibility index (Phi) is 3.94. The summed E-state index contributed by atoms with van der Waals surface area (Å²) in [6.07, 6.45) is -0.777. The zero-order chi connectivity index (χ0) is 12.4. The van der Waals surface area contributed by atoms with E-state index in [0.717, 1.165) is 4.88 Å². The average molecular weight is 289 g/mol. The fraction of sp³-hybridized carbons (Fsp3) is 0.167. The number of thiophene rings is 1. The van der Waals surface area contributed by atoms with Crippen LogP contribution in [0.3, 0.4) is 0 Å². The molecular weight excluding hydrogens is 279 g/mol. The predicted molar refractivity (Wildman–Crippen MR) is 71.4 cm³/mol. The fourth-order valence-corrected chi connectivity index (χ4v) is 2.81. The number of halogens is 2. The smallest absolute Gasteiger partial charge is 0.125 e. The highest BCUT2D eigenvalue weighted by Crippen LogP contribution is 2.35. The molecule has 0 aliphatic rings. The maximum absolute atomic E-state index is 10.3. The third-order valence-corrected chi connectivity index (χ3v) is 3.91. The SMILES string of the molecule is COc1ccc(Cl)cc1C(O)c1cc(Cl)cs1. The third kappa shape index (κ3) is 2.75. The molecule has 0 saturated heterocycles. The van der Waals surface area contributed by atoms with Gasteiger partial charge in [0.2, 0.25) is 0 Å². The van der Waals surface area contributed by atoms with Gasteiger partial charge in [-0.1, -0.05) is 23.2 Å². The van der Waals surface area contributed by atoms with Crippen molar-refractivity contribution in [2.24, 2.45) is 0 Å². The van der Waals surface area contributed by atoms with Crippen molar-refractivity contribution < 1.29 is 9.84 Å². The molecule has 2 aromatic rings. The van der Waals surface area contributed by atoms with E-state index in [4.69, 9.17) is 27.9 Å². The molecule has 2 nitrogen and oxygen atoms in total. The first-order chi connectivity index (χ1) is 8.11. The summed E-state index contributed by atoms with van der Waals surface area (Å²) in [5.74, 6) is 0.603. The van der Waals surface area contributed by atoms with Gasteiger partial charge in [0.15, 0.2) is 0 Å². The molecule has 0 radical (unpaired) electrons. The molecular formula is C12H10Cl2O2S. The first-order valence-corrected chi connectivity index (χ1v) is 6.51. The van der Waals surface area contributed by atoms with Crippen LogP contribution < -0.4 is 4.74 Å². The first kappa shape index (κ1) is 12.7. The third-order valence-electron chi connectivity index (χ3n) is 2.34. The quantitative estimate of drug-likeness (QED) is 0.920. The Hall–Kier alpha value is -0.740. The molecule has 0 aliphatic carbocycles. The molecule has 5 heteroatoms. The molecule has 0 aliphatic heterocycles. The Labute approximate surface area is 113 Å². The Morgan fingerprint density at radius 1 is 1.24 bits per heavy atom. The monoisotopic (exact) mass is 288 g/mol. The van der Waals surface area contributed by atoms with Crippen LogP contribution in [0.25, 0.3) is 0 Å². The van der Waals surface area contributed by atoms with E-state index in [2.05, 4.69) is 0 Å². The molecule has 1 aromatic heterocycles. The lowest BCUT2D eigenvalue weighted by Crippen LogP contribution is -2.00. The van der Waals surface area contributed by atoms with Gasteiger partial charge < -0.3 is 9.84 Å². The summed E-state index contributed by atoms with van der Waals surface area (Å²) < 4.78 is 5.20. The molecule has 1 heterocycles. The Morgan fingerprint density at radius 3 is 2.59 bits per heavy atom. The molecule has 0 amide bonds. The summed E-state index contributed by atoms with van der Waals surface area (Å²) in [4.78, 5) is 0.760. The number of aliphatic hydroxyl groups is 1. The van der Waals surface area contributed by atoms with Crippen LogP contribution in [0.2, 0.25) is 10.0 Å². The Bertz CT molecular complexity index is 525. The topological polar surface area (TPSA) is 29.5 Å². The molecule has 17 heavy (non-hydrogen) atoms. The maximum Gasteiger partial charge on any atom is 0.125 e. The van der Waals surface area contributed by atoms with E-state index in [1.807, 2.05) is 0 Å². The van der Waals surface area contributed by atoms with Gasteiger partial charge in [0.05, 0.1) is 12.1 Å². The van der Waals surface area contributed by atoms with Gasteiger partial charge in [0.1, 0.15) is 11.9 Å². The minimum absolute atomic E-state index is 0.558.